The second kappa shape index (κ2) is 5.03. The van der Waals surface area contributed by atoms with Crippen LogP contribution in [0.4, 0.5) is 8.78 Å². The first-order valence-electron chi connectivity index (χ1n) is 4.92. The van der Waals surface area contributed by atoms with E-state index in [4.69, 9.17) is 5.73 Å². The minimum absolute atomic E-state index is 0.300. The molecular formula is C11H14F2N2O. The number of hydrogen-bond donors (Lipinski definition) is 2. The van der Waals surface area contributed by atoms with E-state index in [0.29, 0.717) is 5.56 Å². The zero-order valence-corrected chi connectivity index (χ0v) is 9.13. The highest BCUT2D eigenvalue weighted by Crippen LogP contribution is 2.17. The molecule has 2 atom stereocenters. The van der Waals surface area contributed by atoms with E-state index >= 15 is 0 Å². The Morgan fingerprint density at radius 3 is 2.50 bits per heavy atom. The third kappa shape index (κ3) is 3.00. The van der Waals surface area contributed by atoms with Crippen LogP contribution < -0.4 is 11.1 Å². The Kier molecular flexibility index (Phi) is 3.95. The Balaban J connectivity index is 2.80. The van der Waals surface area contributed by atoms with Crippen LogP contribution in [-0.2, 0) is 4.79 Å². The third-order valence-corrected chi connectivity index (χ3v) is 2.36. The second-order valence-electron chi connectivity index (χ2n) is 3.68. The largest absolute Gasteiger partial charge is 0.368 e. The number of primary amides is 1. The molecule has 1 aromatic carbocycles. The molecule has 0 saturated carbocycles. The zero-order chi connectivity index (χ0) is 12.3. The van der Waals surface area contributed by atoms with Gasteiger partial charge in [-0.1, -0.05) is 6.07 Å². The van der Waals surface area contributed by atoms with Gasteiger partial charge in [-0.15, -0.1) is 0 Å². The minimum Gasteiger partial charge on any atom is -0.368 e. The fourth-order valence-corrected chi connectivity index (χ4v) is 1.40. The molecule has 0 aliphatic heterocycles. The molecule has 0 aromatic heterocycles. The standard InChI is InChI=1S/C11H14F2N2O/c1-6(15-7(2)11(14)16)9-4-3-8(12)5-10(9)13/h3-7,15H,1-2H3,(H2,14,16)/t6-,7-/m0/s1. The van der Waals surface area contributed by atoms with Gasteiger partial charge >= 0.3 is 0 Å². The molecule has 0 unspecified atom stereocenters. The monoisotopic (exact) mass is 228 g/mol. The lowest BCUT2D eigenvalue weighted by Crippen LogP contribution is -2.40. The summed E-state index contributed by atoms with van der Waals surface area (Å²) < 4.78 is 26.0. The highest BCUT2D eigenvalue weighted by atomic mass is 19.1. The van der Waals surface area contributed by atoms with Gasteiger partial charge in [0.15, 0.2) is 0 Å². The first kappa shape index (κ1) is 12.6. The van der Waals surface area contributed by atoms with Gasteiger partial charge in [-0.3, -0.25) is 10.1 Å². The van der Waals surface area contributed by atoms with Gasteiger partial charge in [-0.05, 0) is 19.9 Å². The summed E-state index contributed by atoms with van der Waals surface area (Å²) in [6, 6.07) is 2.34. The van der Waals surface area contributed by atoms with Crippen LogP contribution in [0.3, 0.4) is 0 Å². The normalized spacial score (nSPS) is 14.5. The molecule has 0 radical (unpaired) electrons. The molecule has 0 bridgehead atoms. The van der Waals surface area contributed by atoms with Crippen molar-refractivity contribution in [1.29, 1.82) is 0 Å². The molecule has 0 aliphatic rings. The summed E-state index contributed by atoms with van der Waals surface area (Å²) in [7, 11) is 0. The smallest absolute Gasteiger partial charge is 0.234 e. The molecule has 0 fully saturated rings. The summed E-state index contributed by atoms with van der Waals surface area (Å²) in [5.74, 6) is -1.79. The zero-order valence-electron chi connectivity index (χ0n) is 9.13. The number of nitrogens with one attached hydrogen (secondary N) is 1. The molecule has 3 N–H and O–H groups in total. The highest BCUT2D eigenvalue weighted by Gasteiger charge is 2.16. The molecule has 0 aliphatic carbocycles. The van der Waals surface area contributed by atoms with Gasteiger partial charge in [0.2, 0.25) is 5.91 Å². The summed E-state index contributed by atoms with van der Waals surface area (Å²) in [5.41, 5.74) is 5.37. The predicted molar refractivity (Wildman–Crippen MR) is 56.6 cm³/mol. The summed E-state index contributed by atoms with van der Waals surface area (Å²) in [6.07, 6.45) is 0. The molecule has 1 amide bonds. The molecule has 16 heavy (non-hydrogen) atoms. The summed E-state index contributed by atoms with van der Waals surface area (Å²) in [4.78, 5) is 10.8. The molecule has 1 rings (SSSR count). The van der Waals surface area contributed by atoms with Crippen LogP contribution >= 0.6 is 0 Å². The first-order valence-corrected chi connectivity index (χ1v) is 4.92. The maximum absolute atomic E-state index is 13.4. The lowest BCUT2D eigenvalue weighted by Gasteiger charge is -2.18. The van der Waals surface area contributed by atoms with Crippen molar-refractivity contribution in [3.05, 3.63) is 35.4 Å². The Hall–Kier alpha value is -1.49. The number of hydrogen-bond acceptors (Lipinski definition) is 2. The summed E-state index contributed by atoms with van der Waals surface area (Å²) in [6.45, 7) is 3.26. The minimum atomic E-state index is -0.642. The van der Waals surface area contributed by atoms with Crippen molar-refractivity contribution >= 4 is 5.91 Å². The fourth-order valence-electron chi connectivity index (χ4n) is 1.40. The van der Waals surface area contributed by atoms with Crippen LogP contribution in [0.15, 0.2) is 18.2 Å². The van der Waals surface area contributed by atoms with Crippen LogP contribution in [-0.4, -0.2) is 11.9 Å². The number of carbonyl (C=O) groups excluding carboxylic acids is 1. The predicted octanol–water partition coefficient (Wildman–Crippen LogP) is 1.49. The van der Waals surface area contributed by atoms with Crippen LogP contribution in [0, 0.1) is 11.6 Å². The molecule has 5 heteroatoms. The lowest BCUT2D eigenvalue weighted by molar-refractivity contribution is -0.119. The van der Waals surface area contributed by atoms with Gasteiger partial charge in [0.05, 0.1) is 6.04 Å². The van der Waals surface area contributed by atoms with Crippen LogP contribution in [0.25, 0.3) is 0 Å². The highest BCUT2D eigenvalue weighted by molar-refractivity contribution is 5.79. The van der Waals surface area contributed by atoms with Gasteiger partial charge in [0.1, 0.15) is 11.6 Å². The number of benzene rings is 1. The van der Waals surface area contributed by atoms with Crippen molar-refractivity contribution in [2.24, 2.45) is 5.73 Å². The van der Waals surface area contributed by atoms with E-state index in [1.54, 1.807) is 13.8 Å². The number of amides is 1. The quantitative estimate of drug-likeness (QED) is 0.820. The van der Waals surface area contributed by atoms with E-state index in [2.05, 4.69) is 5.32 Å². The van der Waals surface area contributed by atoms with Crippen molar-refractivity contribution in [2.45, 2.75) is 25.9 Å². The first-order chi connectivity index (χ1) is 7.41. The van der Waals surface area contributed by atoms with Crippen LogP contribution in [0.1, 0.15) is 25.5 Å². The van der Waals surface area contributed by atoms with E-state index in [1.165, 1.54) is 12.1 Å². The van der Waals surface area contributed by atoms with Crippen LogP contribution in [0.2, 0.25) is 0 Å². The van der Waals surface area contributed by atoms with Crippen molar-refractivity contribution in [3.63, 3.8) is 0 Å². The third-order valence-electron chi connectivity index (χ3n) is 2.36. The lowest BCUT2D eigenvalue weighted by atomic mass is 10.1. The van der Waals surface area contributed by atoms with E-state index < -0.39 is 29.6 Å². The van der Waals surface area contributed by atoms with E-state index in [9.17, 15) is 13.6 Å². The maximum atomic E-state index is 13.4. The average Bonchev–Trinajstić information content (AvgIpc) is 2.16. The number of nitrogens with two attached hydrogens (primary N) is 1. The Morgan fingerprint density at radius 1 is 1.38 bits per heavy atom. The molecule has 0 saturated heterocycles. The Labute approximate surface area is 92.6 Å². The number of rotatable bonds is 4. The van der Waals surface area contributed by atoms with Gasteiger partial charge < -0.3 is 5.73 Å². The van der Waals surface area contributed by atoms with Gasteiger partial charge in [0, 0.05) is 17.7 Å². The molecule has 0 heterocycles. The fraction of sp³-hybridized carbons (Fsp3) is 0.364. The van der Waals surface area contributed by atoms with E-state index in [0.717, 1.165) is 6.07 Å². The number of halogens is 2. The van der Waals surface area contributed by atoms with Crippen LogP contribution in [0.5, 0.6) is 0 Å². The maximum Gasteiger partial charge on any atom is 0.234 e. The van der Waals surface area contributed by atoms with Crippen molar-refractivity contribution < 1.29 is 13.6 Å². The topological polar surface area (TPSA) is 55.1 Å². The van der Waals surface area contributed by atoms with E-state index in [-0.39, 0.29) is 0 Å². The van der Waals surface area contributed by atoms with E-state index in [1.807, 2.05) is 0 Å². The summed E-state index contributed by atoms with van der Waals surface area (Å²) in [5, 5.41) is 2.82. The Morgan fingerprint density at radius 2 is 2.00 bits per heavy atom. The van der Waals surface area contributed by atoms with Crippen molar-refractivity contribution in [2.75, 3.05) is 0 Å². The average molecular weight is 228 g/mol. The molecular weight excluding hydrogens is 214 g/mol. The summed E-state index contributed by atoms with van der Waals surface area (Å²) >= 11 is 0. The molecule has 3 nitrogen and oxygen atoms in total. The van der Waals surface area contributed by atoms with Gasteiger partial charge in [0.25, 0.3) is 0 Å². The van der Waals surface area contributed by atoms with Crippen molar-refractivity contribution in [3.8, 4) is 0 Å². The second-order valence-corrected chi connectivity index (χ2v) is 3.68. The van der Waals surface area contributed by atoms with Gasteiger partial charge in [-0.2, -0.15) is 0 Å². The van der Waals surface area contributed by atoms with Crippen molar-refractivity contribution in [1.82, 2.24) is 5.32 Å². The SMILES string of the molecule is C[C@H](N[C@@H](C)c1ccc(F)cc1F)C(N)=O. The van der Waals surface area contributed by atoms with Gasteiger partial charge in [-0.25, -0.2) is 8.78 Å². The Bertz CT molecular complexity index is 396. The molecule has 88 valence electrons. The molecule has 0 spiro atoms. The molecule has 1 aromatic rings. The number of carbonyl (C=O) groups is 1.